The average molecular weight is 281 g/mol. The highest BCUT2D eigenvalue weighted by molar-refractivity contribution is 6.33. The van der Waals surface area contributed by atoms with Crippen LogP contribution in [0.4, 0.5) is 0 Å². The molecule has 0 aliphatic heterocycles. The monoisotopic (exact) mass is 280 g/mol. The maximum atomic E-state index is 11.4. The molecule has 0 saturated heterocycles. The van der Waals surface area contributed by atoms with Gasteiger partial charge in [-0.2, -0.15) is 0 Å². The molecule has 1 aromatic heterocycles. The third-order valence-corrected chi connectivity index (χ3v) is 2.87. The molecule has 0 N–H and O–H groups in total. The lowest BCUT2D eigenvalue weighted by Gasteiger charge is -1.99. The predicted octanol–water partition coefficient (Wildman–Crippen LogP) is 3.15. The van der Waals surface area contributed by atoms with E-state index in [9.17, 15) is 9.59 Å². The van der Waals surface area contributed by atoms with Crippen molar-refractivity contribution in [3.8, 4) is 0 Å². The van der Waals surface area contributed by atoms with E-state index in [1.54, 1.807) is 25.1 Å². The first-order chi connectivity index (χ1) is 9.10. The van der Waals surface area contributed by atoms with Crippen LogP contribution < -0.4 is 0 Å². The number of halogens is 1. The highest BCUT2D eigenvalue weighted by Crippen LogP contribution is 2.23. The number of hydrogen-bond donors (Lipinski definition) is 0. The van der Waals surface area contributed by atoms with Crippen molar-refractivity contribution >= 4 is 34.3 Å². The topological polar surface area (TPSA) is 56.5 Å². The number of ketones is 1. The Morgan fingerprint density at radius 3 is 2.84 bits per heavy atom. The molecule has 0 atom stereocenters. The van der Waals surface area contributed by atoms with E-state index in [-0.39, 0.29) is 13.0 Å². The number of carbonyl (C=O) groups is 2. The van der Waals surface area contributed by atoms with Gasteiger partial charge in [0.1, 0.15) is 11.3 Å². The molecular weight excluding hydrogens is 268 g/mol. The first-order valence-electron chi connectivity index (χ1n) is 5.98. The molecule has 0 amide bonds. The molecule has 0 unspecified atom stereocenters. The van der Waals surface area contributed by atoms with E-state index < -0.39 is 11.8 Å². The zero-order valence-electron chi connectivity index (χ0n) is 10.4. The molecule has 0 fully saturated rings. The molecule has 4 nitrogen and oxygen atoms in total. The summed E-state index contributed by atoms with van der Waals surface area (Å²) in [7, 11) is 0. The summed E-state index contributed by atoms with van der Waals surface area (Å²) in [6, 6.07) is 7.12. The Morgan fingerprint density at radius 2 is 2.11 bits per heavy atom. The number of Topliss-reactive ketones (excluding diaryl/α,β-unsaturated/α-hetero) is 1. The van der Waals surface area contributed by atoms with Crippen LogP contribution in [0.15, 0.2) is 28.7 Å². The predicted molar refractivity (Wildman–Crippen MR) is 71.2 cm³/mol. The Bertz CT molecular complexity index is 615. The van der Waals surface area contributed by atoms with E-state index in [2.05, 4.69) is 4.74 Å². The molecule has 2 rings (SSSR count). The maximum absolute atomic E-state index is 11.4. The van der Waals surface area contributed by atoms with Crippen molar-refractivity contribution in [2.45, 2.75) is 19.8 Å². The molecule has 0 aliphatic carbocycles. The van der Waals surface area contributed by atoms with Crippen LogP contribution in [0, 0.1) is 0 Å². The molecule has 19 heavy (non-hydrogen) atoms. The van der Waals surface area contributed by atoms with Crippen molar-refractivity contribution in [3.63, 3.8) is 0 Å². The minimum atomic E-state index is -0.790. The van der Waals surface area contributed by atoms with E-state index in [1.165, 1.54) is 0 Å². The van der Waals surface area contributed by atoms with Gasteiger partial charge in [-0.3, -0.25) is 4.79 Å². The Hall–Kier alpha value is -1.81. The highest BCUT2D eigenvalue weighted by Gasteiger charge is 2.15. The van der Waals surface area contributed by atoms with E-state index in [0.29, 0.717) is 22.8 Å². The van der Waals surface area contributed by atoms with Crippen molar-refractivity contribution in [1.82, 2.24) is 0 Å². The highest BCUT2D eigenvalue weighted by atomic mass is 35.5. The van der Waals surface area contributed by atoms with Gasteiger partial charge in [-0.1, -0.05) is 11.6 Å². The van der Waals surface area contributed by atoms with Crippen LogP contribution in [-0.4, -0.2) is 18.4 Å². The molecule has 1 aromatic carbocycles. The number of esters is 1. The van der Waals surface area contributed by atoms with Gasteiger partial charge in [0, 0.05) is 23.3 Å². The number of furan rings is 1. The number of fused-ring (bicyclic) bond motifs is 1. The van der Waals surface area contributed by atoms with Gasteiger partial charge >= 0.3 is 5.97 Å². The second-order valence-electron chi connectivity index (χ2n) is 4.04. The van der Waals surface area contributed by atoms with Crippen molar-refractivity contribution in [2.24, 2.45) is 0 Å². The van der Waals surface area contributed by atoms with Gasteiger partial charge in [0.2, 0.25) is 5.78 Å². The molecule has 0 radical (unpaired) electrons. The molecule has 0 saturated carbocycles. The first kappa shape index (κ1) is 13.6. The molecule has 100 valence electrons. The summed E-state index contributed by atoms with van der Waals surface area (Å²) in [6.07, 6.45) is 0.441. The normalized spacial score (nSPS) is 10.6. The van der Waals surface area contributed by atoms with Crippen LogP contribution in [0.25, 0.3) is 11.0 Å². The molecule has 0 spiro atoms. The average Bonchev–Trinajstić information content (AvgIpc) is 2.78. The zero-order chi connectivity index (χ0) is 13.8. The van der Waals surface area contributed by atoms with Crippen LogP contribution in [-0.2, 0) is 20.7 Å². The number of hydrogen-bond acceptors (Lipinski definition) is 4. The Kier molecular flexibility index (Phi) is 4.22. The molecule has 2 aromatic rings. The Labute approximate surface area is 115 Å². The fourth-order valence-electron chi connectivity index (χ4n) is 1.74. The van der Waals surface area contributed by atoms with Gasteiger partial charge in [-0.25, -0.2) is 4.79 Å². The van der Waals surface area contributed by atoms with Crippen molar-refractivity contribution in [3.05, 3.63) is 35.0 Å². The molecular formula is C14H13ClO4. The van der Waals surface area contributed by atoms with Gasteiger partial charge in [-0.15, -0.1) is 0 Å². The zero-order valence-corrected chi connectivity index (χ0v) is 11.2. The summed E-state index contributed by atoms with van der Waals surface area (Å²) in [5, 5.41) is 1.51. The van der Waals surface area contributed by atoms with Crippen LogP contribution in [0.1, 0.15) is 19.1 Å². The quantitative estimate of drug-likeness (QED) is 0.623. The Balaban J connectivity index is 2.02. The van der Waals surface area contributed by atoms with E-state index in [1.807, 2.05) is 6.07 Å². The summed E-state index contributed by atoms with van der Waals surface area (Å²) < 4.78 is 10.2. The van der Waals surface area contributed by atoms with Crippen molar-refractivity contribution < 1.29 is 18.7 Å². The Morgan fingerprint density at radius 1 is 1.32 bits per heavy atom. The second-order valence-corrected chi connectivity index (χ2v) is 4.47. The standard InChI is InChI=1S/C14H13ClO4/c1-2-18-14(17)12(16)5-4-11-8-9-7-10(15)3-6-13(9)19-11/h3,6-8H,2,4-5H2,1H3. The van der Waals surface area contributed by atoms with E-state index in [0.717, 1.165) is 5.39 Å². The van der Waals surface area contributed by atoms with Crippen LogP contribution >= 0.6 is 11.6 Å². The number of carbonyl (C=O) groups excluding carboxylic acids is 2. The summed E-state index contributed by atoms with van der Waals surface area (Å²) >= 11 is 5.87. The van der Waals surface area contributed by atoms with Gasteiger partial charge < -0.3 is 9.15 Å². The third-order valence-electron chi connectivity index (χ3n) is 2.63. The number of aryl methyl sites for hydroxylation is 1. The SMILES string of the molecule is CCOC(=O)C(=O)CCc1cc2cc(Cl)ccc2o1. The van der Waals surface area contributed by atoms with Crippen LogP contribution in [0.3, 0.4) is 0 Å². The van der Waals surface area contributed by atoms with E-state index in [4.69, 9.17) is 16.0 Å². The van der Waals surface area contributed by atoms with Gasteiger partial charge in [0.05, 0.1) is 6.61 Å². The summed E-state index contributed by atoms with van der Waals surface area (Å²) in [6.45, 7) is 1.86. The van der Waals surface area contributed by atoms with Crippen LogP contribution in [0.2, 0.25) is 5.02 Å². The van der Waals surface area contributed by atoms with Crippen molar-refractivity contribution in [2.75, 3.05) is 6.61 Å². The fraction of sp³-hybridized carbons (Fsp3) is 0.286. The van der Waals surface area contributed by atoms with Gasteiger partial charge in [0.15, 0.2) is 0 Å². The van der Waals surface area contributed by atoms with Gasteiger partial charge in [-0.05, 0) is 31.2 Å². The number of ether oxygens (including phenoxy) is 1. The number of benzene rings is 1. The molecule has 0 aliphatic rings. The largest absolute Gasteiger partial charge is 0.461 e. The lowest BCUT2D eigenvalue weighted by atomic mass is 10.2. The lowest BCUT2D eigenvalue weighted by Crippen LogP contribution is -2.17. The van der Waals surface area contributed by atoms with E-state index >= 15 is 0 Å². The second kappa shape index (κ2) is 5.89. The maximum Gasteiger partial charge on any atom is 0.374 e. The van der Waals surface area contributed by atoms with Crippen LogP contribution in [0.5, 0.6) is 0 Å². The van der Waals surface area contributed by atoms with Crippen molar-refractivity contribution in [1.29, 1.82) is 0 Å². The van der Waals surface area contributed by atoms with Gasteiger partial charge in [0.25, 0.3) is 0 Å². The minimum Gasteiger partial charge on any atom is -0.461 e. The molecule has 0 bridgehead atoms. The summed E-state index contributed by atoms with van der Waals surface area (Å²) in [5.41, 5.74) is 0.711. The minimum absolute atomic E-state index is 0.0758. The summed E-state index contributed by atoms with van der Waals surface area (Å²) in [5.74, 6) is -0.683. The first-order valence-corrected chi connectivity index (χ1v) is 6.36. The fourth-order valence-corrected chi connectivity index (χ4v) is 1.92. The third kappa shape index (κ3) is 3.35. The number of rotatable bonds is 5. The summed E-state index contributed by atoms with van der Waals surface area (Å²) in [4.78, 5) is 22.6. The lowest BCUT2D eigenvalue weighted by molar-refractivity contribution is -0.153. The molecule has 1 heterocycles. The molecule has 5 heteroatoms. The smallest absolute Gasteiger partial charge is 0.374 e.